The highest BCUT2D eigenvalue weighted by atomic mass is 16.5. The molecule has 0 fully saturated rings. The van der Waals surface area contributed by atoms with Crippen LogP contribution >= 0.6 is 0 Å². The van der Waals surface area contributed by atoms with E-state index < -0.39 is 17.9 Å². The largest absolute Gasteiger partial charge is 0.549 e. The number of benzene rings is 1. The normalized spacial score (nSPS) is 12.2. The number of carboxylic acid groups (broad SMARTS) is 1. The average molecular weight is 326 g/mol. The maximum atomic E-state index is 12.6. The van der Waals surface area contributed by atoms with Crippen LogP contribution in [0.15, 0.2) is 39.5 Å². The Morgan fingerprint density at radius 2 is 1.96 bits per heavy atom. The summed E-state index contributed by atoms with van der Waals surface area (Å²) in [4.78, 5) is 39.8. The van der Waals surface area contributed by atoms with Crippen LogP contribution in [0.3, 0.4) is 0 Å². The van der Waals surface area contributed by atoms with Crippen molar-refractivity contribution < 1.29 is 23.8 Å². The van der Waals surface area contributed by atoms with Gasteiger partial charge in [0, 0.05) is 5.92 Å². The highest BCUT2D eigenvalue weighted by molar-refractivity contribution is 5.97. The lowest BCUT2D eigenvalue weighted by Crippen LogP contribution is -2.30. The van der Waals surface area contributed by atoms with Gasteiger partial charge < -0.3 is 19.1 Å². The van der Waals surface area contributed by atoms with Crippen molar-refractivity contribution in [2.45, 2.75) is 12.8 Å². The molecule has 0 aliphatic carbocycles. The van der Waals surface area contributed by atoms with E-state index in [-0.39, 0.29) is 27.8 Å². The molecule has 1 aromatic carbocycles. The van der Waals surface area contributed by atoms with Crippen molar-refractivity contribution in [3.05, 3.63) is 51.8 Å². The van der Waals surface area contributed by atoms with E-state index in [2.05, 4.69) is 9.72 Å². The number of carbonyl (C=O) groups is 2. The molecule has 122 valence electrons. The van der Waals surface area contributed by atoms with E-state index in [9.17, 15) is 19.5 Å². The zero-order valence-electron chi connectivity index (χ0n) is 12.9. The van der Waals surface area contributed by atoms with Crippen molar-refractivity contribution in [1.29, 1.82) is 0 Å². The Balaban J connectivity index is 2.42. The van der Waals surface area contributed by atoms with Gasteiger partial charge in [0.05, 0.1) is 35.1 Å². The SMILES string of the molecule is COC(=O)c1cc2c(=O)c3ccccc3oc2nc1C(C)C(=O)[O-]. The van der Waals surface area contributed by atoms with E-state index in [1.165, 1.54) is 13.0 Å². The molecule has 0 bridgehead atoms. The summed E-state index contributed by atoms with van der Waals surface area (Å²) in [5.74, 6) is -3.38. The molecule has 0 radical (unpaired) electrons. The molecule has 7 nitrogen and oxygen atoms in total. The summed E-state index contributed by atoms with van der Waals surface area (Å²) in [6, 6.07) is 7.84. The van der Waals surface area contributed by atoms with Crippen molar-refractivity contribution >= 4 is 34.0 Å². The van der Waals surface area contributed by atoms with Gasteiger partial charge in [-0.3, -0.25) is 4.79 Å². The van der Waals surface area contributed by atoms with Gasteiger partial charge in [0.2, 0.25) is 11.1 Å². The first-order valence-electron chi connectivity index (χ1n) is 7.09. The first-order chi connectivity index (χ1) is 11.4. The predicted octanol–water partition coefficient (Wildman–Crippen LogP) is 0.981. The van der Waals surface area contributed by atoms with E-state index >= 15 is 0 Å². The van der Waals surface area contributed by atoms with E-state index in [1.54, 1.807) is 24.3 Å². The Morgan fingerprint density at radius 3 is 2.62 bits per heavy atom. The summed E-state index contributed by atoms with van der Waals surface area (Å²) in [6.45, 7) is 1.33. The molecule has 0 spiro atoms. The lowest BCUT2D eigenvalue weighted by atomic mass is 10.0. The number of pyridine rings is 1. The minimum Gasteiger partial charge on any atom is -0.549 e. The van der Waals surface area contributed by atoms with Crippen LogP contribution in [0.2, 0.25) is 0 Å². The second-order valence-corrected chi connectivity index (χ2v) is 5.23. The quantitative estimate of drug-likeness (QED) is 0.521. The van der Waals surface area contributed by atoms with Gasteiger partial charge in [0.25, 0.3) is 0 Å². The predicted molar refractivity (Wildman–Crippen MR) is 82.5 cm³/mol. The van der Waals surface area contributed by atoms with Gasteiger partial charge in [-0.25, -0.2) is 9.78 Å². The third kappa shape index (κ3) is 2.40. The molecule has 0 aliphatic rings. The van der Waals surface area contributed by atoms with E-state index in [4.69, 9.17) is 4.42 Å². The van der Waals surface area contributed by atoms with Gasteiger partial charge in [-0.2, -0.15) is 0 Å². The third-order valence-corrected chi connectivity index (χ3v) is 3.77. The van der Waals surface area contributed by atoms with Crippen molar-refractivity contribution in [3.8, 4) is 0 Å². The maximum Gasteiger partial charge on any atom is 0.339 e. The Kier molecular flexibility index (Phi) is 3.76. The van der Waals surface area contributed by atoms with Crippen LogP contribution in [0.1, 0.15) is 28.9 Å². The Morgan fingerprint density at radius 1 is 1.25 bits per heavy atom. The third-order valence-electron chi connectivity index (χ3n) is 3.77. The number of para-hydroxylation sites is 1. The summed E-state index contributed by atoms with van der Waals surface area (Å²) in [6.07, 6.45) is 0. The molecule has 2 aromatic heterocycles. The second-order valence-electron chi connectivity index (χ2n) is 5.23. The van der Waals surface area contributed by atoms with Crippen LogP contribution in [0.25, 0.3) is 22.1 Å². The molecule has 3 aromatic rings. The zero-order valence-corrected chi connectivity index (χ0v) is 12.9. The number of aromatic nitrogens is 1. The highest BCUT2D eigenvalue weighted by Gasteiger charge is 2.22. The molecule has 0 amide bonds. The van der Waals surface area contributed by atoms with Crippen LogP contribution < -0.4 is 10.5 Å². The lowest BCUT2D eigenvalue weighted by molar-refractivity contribution is -0.307. The number of hydrogen-bond donors (Lipinski definition) is 0. The monoisotopic (exact) mass is 326 g/mol. The molecule has 3 rings (SSSR count). The summed E-state index contributed by atoms with van der Waals surface area (Å²) >= 11 is 0. The highest BCUT2D eigenvalue weighted by Crippen LogP contribution is 2.24. The second kappa shape index (κ2) is 5.77. The molecule has 1 atom stereocenters. The van der Waals surface area contributed by atoms with E-state index in [0.717, 1.165) is 7.11 Å². The number of rotatable bonds is 3. The van der Waals surface area contributed by atoms with Gasteiger partial charge >= 0.3 is 5.97 Å². The minimum absolute atomic E-state index is 0.0468. The van der Waals surface area contributed by atoms with E-state index in [1.807, 2.05) is 0 Å². The van der Waals surface area contributed by atoms with E-state index in [0.29, 0.717) is 11.0 Å². The number of methoxy groups -OCH3 is 1. The molecule has 0 saturated heterocycles. The van der Waals surface area contributed by atoms with Crippen LogP contribution in [0.4, 0.5) is 0 Å². The van der Waals surface area contributed by atoms with Gasteiger partial charge in [-0.15, -0.1) is 0 Å². The standard InChI is InChI=1S/C17H13NO6/c1-8(16(20)21)13-10(17(22)23-2)7-11-14(19)9-5-3-4-6-12(9)24-15(11)18-13/h3-8H,1-2H3,(H,20,21)/p-1. The fourth-order valence-corrected chi connectivity index (χ4v) is 2.46. The molecule has 0 aliphatic heterocycles. The molecule has 7 heteroatoms. The summed E-state index contributed by atoms with van der Waals surface area (Å²) in [5.41, 5.74) is -0.274. The van der Waals surface area contributed by atoms with Gasteiger partial charge in [-0.1, -0.05) is 19.1 Å². The fourth-order valence-electron chi connectivity index (χ4n) is 2.46. The summed E-state index contributed by atoms with van der Waals surface area (Å²) < 4.78 is 10.2. The Labute approximate surface area is 135 Å². The number of esters is 1. The molecule has 0 N–H and O–H groups in total. The molecular formula is C17H12NO6-. The fraction of sp³-hybridized carbons (Fsp3) is 0.176. The number of fused-ring (bicyclic) bond motifs is 2. The zero-order chi connectivity index (χ0) is 17.4. The van der Waals surface area contributed by atoms with Crippen LogP contribution in [0.5, 0.6) is 0 Å². The average Bonchev–Trinajstić information content (AvgIpc) is 2.59. The Bertz CT molecular complexity index is 1040. The minimum atomic E-state index is -1.41. The number of hydrogen-bond acceptors (Lipinski definition) is 7. The molecular weight excluding hydrogens is 314 g/mol. The first-order valence-corrected chi connectivity index (χ1v) is 7.09. The topological polar surface area (TPSA) is 110 Å². The molecule has 24 heavy (non-hydrogen) atoms. The number of carboxylic acids is 1. The summed E-state index contributed by atoms with van der Waals surface area (Å²) in [7, 11) is 1.16. The van der Waals surface area contributed by atoms with Gasteiger partial charge in [0.15, 0.2) is 0 Å². The van der Waals surface area contributed by atoms with Crippen LogP contribution in [0, 0.1) is 0 Å². The van der Waals surface area contributed by atoms with Crippen LogP contribution in [-0.4, -0.2) is 24.0 Å². The van der Waals surface area contributed by atoms with Crippen LogP contribution in [-0.2, 0) is 9.53 Å². The van der Waals surface area contributed by atoms with Gasteiger partial charge in [-0.05, 0) is 18.2 Å². The molecule has 1 unspecified atom stereocenters. The van der Waals surface area contributed by atoms with Crippen molar-refractivity contribution in [2.24, 2.45) is 0 Å². The lowest BCUT2D eigenvalue weighted by Gasteiger charge is -2.15. The number of nitrogens with zero attached hydrogens (tertiary/aromatic N) is 1. The van der Waals surface area contributed by atoms with Crippen molar-refractivity contribution in [1.82, 2.24) is 4.98 Å². The van der Waals surface area contributed by atoms with Crippen molar-refractivity contribution in [3.63, 3.8) is 0 Å². The molecule has 0 saturated carbocycles. The number of carbonyl (C=O) groups excluding carboxylic acids is 2. The number of aliphatic carboxylic acids is 1. The van der Waals surface area contributed by atoms with Crippen molar-refractivity contribution in [2.75, 3.05) is 7.11 Å². The van der Waals surface area contributed by atoms with Gasteiger partial charge in [0.1, 0.15) is 5.58 Å². The smallest absolute Gasteiger partial charge is 0.339 e. The Hall–Kier alpha value is -3.22. The summed E-state index contributed by atoms with van der Waals surface area (Å²) in [5, 5.41) is 11.6. The maximum absolute atomic E-state index is 12.6. The molecule has 2 heterocycles. The number of ether oxygens (including phenoxy) is 1. The first kappa shape index (κ1) is 15.7.